The van der Waals surface area contributed by atoms with Crippen LogP contribution >= 0.6 is 0 Å². The van der Waals surface area contributed by atoms with Crippen molar-refractivity contribution in [3.8, 4) is 5.88 Å². The van der Waals surface area contributed by atoms with E-state index < -0.39 is 5.97 Å². The van der Waals surface area contributed by atoms with Crippen molar-refractivity contribution < 1.29 is 14.6 Å². The fourth-order valence-electron chi connectivity index (χ4n) is 4.23. The molecule has 0 spiro atoms. The van der Waals surface area contributed by atoms with Crippen LogP contribution in [0.5, 0.6) is 5.88 Å². The number of nitrogens with one attached hydrogen (secondary N) is 1. The van der Waals surface area contributed by atoms with Crippen LogP contribution in [-0.2, 0) is 4.79 Å². The lowest BCUT2D eigenvalue weighted by molar-refractivity contribution is -0.139. The molecule has 1 heterocycles. The molecule has 0 saturated heterocycles. The molecule has 1 aromatic heterocycles. The standard InChI is InChI=1S/C20H30N4O3/c25-20(26)12-24(11-14-5-6-14)17-7-16(8-17)22-18-9-21-10-19(23-18)27-13-15-3-1-2-4-15/h9-10,14-17H,1-8,11-13H2,(H,22,23)(H,25,26). The summed E-state index contributed by atoms with van der Waals surface area (Å²) in [5.74, 6) is 1.96. The van der Waals surface area contributed by atoms with Gasteiger partial charge in [-0.15, -0.1) is 0 Å². The molecule has 1 aromatic rings. The zero-order valence-corrected chi connectivity index (χ0v) is 15.8. The Balaban J connectivity index is 1.23. The number of aromatic nitrogens is 2. The summed E-state index contributed by atoms with van der Waals surface area (Å²) in [6, 6.07) is 0.679. The molecule has 3 aliphatic rings. The number of carboxylic acid groups (broad SMARTS) is 1. The molecule has 7 nitrogen and oxygen atoms in total. The molecule has 7 heteroatoms. The molecule has 0 atom stereocenters. The Morgan fingerprint density at radius 3 is 2.67 bits per heavy atom. The van der Waals surface area contributed by atoms with Gasteiger partial charge in [0.1, 0.15) is 5.82 Å². The summed E-state index contributed by atoms with van der Waals surface area (Å²) >= 11 is 0. The van der Waals surface area contributed by atoms with Crippen molar-refractivity contribution in [3.63, 3.8) is 0 Å². The second kappa shape index (κ2) is 8.42. The number of carbonyl (C=O) groups is 1. The molecule has 148 valence electrons. The molecule has 0 aromatic carbocycles. The van der Waals surface area contributed by atoms with Gasteiger partial charge in [0.05, 0.1) is 25.5 Å². The van der Waals surface area contributed by atoms with E-state index in [2.05, 4.69) is 20.2 Å². The normalized spacial score (nSPS) is 25.4. The molecule has 0 bridgehead atoms. The lowest BCUT2D eigenvalue weighted by Gasteiger charge is -2.42. The topological polar surface area (TPSA) is 87.6 Å². The third-order valence-electron chi connectivity index (χ3n) is 6.06. The maximum Gasteiger partial charge on any atom is 0.317 e. The van der Waals surface area contributed by atoms with Crippen LogP contribution in [0, 0.1) is 11.8 Å². The van der Waals surface area contributed by atoms with Crippen LogP contribution in [0.1, 0.15) is 51.4 Å². The molecule has 27 heavy (non-hydrogen) atoms. The summed E-state index contributed by atoms with van der Waals surface area (Å²) in [6.07, 6.45) is 12.9. The van der Waals surface area contributed by atoms with E-state index in [4.69, 9.17) is 9.84 Å². The number of rotatable bonds is 10. The number of carboxylic acids is 1. The Hall–Kier alpha value is -1.89. The summed E-state index contributed by atoms with van der Waals surface area (Å²) in [7, 11) is 0. The lowest BCUT2D eigenvalue weighted by Crippen LogP contribution is -2.52. The second-order valence-electron chi connectivity index (χ2n) is 8.44. The van der Waals surface area contributed by atoms with Gasteiger partial charge >= 0.3 is 5.97 Å². The van der Waals surface area contributed by atoms with Gasteiger partial charge in [-0.05, 0) is 50.4 Å². The van der Waals surface area contributed by atoms with Crippen molar-refractivity contribution >= 4 is 11.8 Å². The molecule has 3 aliphatic carbocycles. The number of nitrogens with zero attached hydrogens (tertiary/aromatic N) is 3. The zero-order chi connectivity index (χ0) is 18.6. The first-order valence-electron chi connectivity index (χ1n) is 10.3. The highest BCUT2D eigenvalue weighted by molar-refractivity contribution is 5.69. The van der Waals surface area contributed by atoms with Crippen molar-refractivity contribution in [3.05, 3.63) is 12.4 Å². The monoisotopic (exact) mass is 374 g/mol. The van der Waals surface area contributed by atoms with Crippen LogP contribution in [0.4, 0.5) is 5.82 Å². The highest BCUT2D eigenvalue weighted by atomic mass is 16.5. The van der Waals surface area contributed by atoms with E-state index in [0.717, 1.165) is 31.8 Å². The van der Waals surface area contributed by atoms with E-state index in [0.29, 0.717) is 29.8 Å². The highest BCUT2D eigenvalue weighted by Gasteiger charge is 2.37. The number of aliphatic carboxylic acids is 1. The van der Waals surface area contributed by atoms with Gasteiger partial charge in [0.25, 0.3) is 0 Å². The third-order valence-corrected chi connectivity index (χ3v) is 6.06. The second-order valence-corrected chi connectivity index (χ2v) is 8.44. The van der Waals surface area contributed by atoms with Gasteiger partial charge in [0.15, 0.2) is 0 Å². The van der Waals surface area contributed by atoms with Crippen LogP contribution in [0.15, 0.2) is 12.4 Å². The molecule has 0 aliphatic heterocycles. The molecule has 0 radical (unpaired) electrons. The first-order chi connectivity index (χ1) is 13.2. The summed E-state index contributed by atoms with van der Waals surface area (Å²) < 4.78 is 5.83. The Kier molecular flexibility index (Phi) is 5.76. The SMILES string of the molecule is O=C(O)CN(CC1CC1)C1CC(Nc2cncc(OCC3CCCC3)n2)C1. The van der Waals surface area contributed by atoms with E-state index in [-0.39, 0.29) is 6.54 Å². The average Bonchev–Trinajstić information content (AvgIpc) is 3.26. The predicted molar refractivity (Wildman–Crippen MR) is 102 cm³/mol. The predicted octanol–water partition coefficient (Wildman–Crippen LogP) is 2.79. The molecule has 0 amide bonds. The van der Waals surface area contributed by atoms with Gasteiger partial charge in [-0.25, -0.2) is 0 Å². The van der Waals surface area contributed by atoms with Gasteiger partial charge in [0.2, 0.25) is 5.88 Å². The van der Waals surface area contributed by atoms with Crippen molar-refractivity contribution in [1.82, 2.24) is 14.9 Å². The van der Waals surface area contributed by atoms with Crippen molar-refractivity contribution in [2.45, 2.75) is 63.5 Å². The number of hydrogen-bond acceptors (Lipinski definition) is 6. The Morgan fingerprint density at radius 1 is 1.19 bits per heavy atom. The van der Waals surface area contributed by atoms with Gasteiger partial charge in [-0.3, -0.25) is 14.7 Å². The summed E-state index contributed by atoms with van der Waals surface area (Å²) in [6.45, 7) is 1.81. The molecular formula is C20H30N4O3. The smallest absolute Gasteiger partial charge is 0.317 e. The Labute approximate surface area is 160 Å². The first kappa shape index (κ1) is 18.5. The molecule has 0 unspecified atom stereocenters. The van der Waals surface area contributed by atoms with E-state index in [1.54, 1.807) is 12.4 Å². The minimum absolute atomic E-state index is 0.151. The fourth-order valence-corrected chi connectivity index (χ4v) is 4.23. The third kappa shape index (κ3) is 5.31. The summed E-state index contributed by atoms with van der Waals surface area (Å²) in [5.41, 5.74) is 0. The quantitative estimate of drug-likeness (QED) is 0.651. The van der Waals surface area contributed by atoms with Crippen LogP contribution < -0.4 is 10.1 Å². The molecule has 2 N–H and O–H groups in total. The molecule has 3 fully saturated rings. The maximum atomic E-state index is 11.1. The van der Waals surface area contributed by atoms with Crippen LogP contribution in [0.2, 0.25) is 0 Å². The number of anilines is 1. The van der Waals surface area contributed by atoms with Crippen molar-refractivity contribution in [2.24, 2.45) is 11.8 Å². The molecule has 4 rings (SSSR count). The van der Waals surface area contributed by atoms with Gasteiger partial charge in [-0.2, -0.15) is 4.98 Å². The maximum absolute atomic E-state index is 11.1. The zero-order valence-electron chi connectivity index (χ0n) is 15.8. The minimum Gasteiger partial charge on any atom is -0.480 e. The van der Waals surface area contributed by atoms with E-state index >= 15 is 0 Å². The van der Waals surface area contributed by atoms with Crippen molar-refractivity contribution in [2.75, 3.05) is 25.0 Å². The molecular weight excluding hydrogens is 344 g/mol. The van der Waals surface area contributed by atoms with Crippen LogP contribution in [0.25, 0.3) is 0 Å². The largest absolute Gasteiger partial charge is 0.480 e. The fraction of sp³-hybridized carbons (Fsp3) is 0.750. The molecule has 3 saturated carbocycles. The van der Waals surface area contributed by atoms with E-state index in [1.807, 2.05) is 0 Å². The van der Waals surface area contributed by atoms with Crippen molar-refractivity contribution in [1.29, 1.82) is 0 Å². The minimum atomic E-state index is -0.731. The lowest BCUT2D eigenvalue weighted by atomic mass is 9.85. The number of hydrogen-bond donors (Lipinski definition) is 2. The Morgan fingerprint density at radius 2 is 1.96 bits per heavy atom. The number of ether oxygens (including phenoxy) is 1. The van der Waals surface area contributed by atoms with E-state index in [1.165, 1.54) is 38.5 Å². The van der Waals surface area contributed by atoms with Crippen LogP contribution in [-0.4, -0.2) is 57.7 Å². The van der Waals surface area contributed by atoms with Gasteiger partial charge in [-0.1, -0.05) is 12.8 Å². The average molecular weight is 374 g/mol. The summed E-state index contributed by atoms with van der Waals surface area (Å²) in [4.78, 5) is 22.1. The summed E-state index contributed by atoms with van der Waals surface area (Å²) in [5, 5.41) is 12.6. The van der Waals surface area contributed by atoms with Crippen LogP contribution in [0.3, 0.4) is 0 Å². The Bertz CT molecular complexity index is 640. The van der Waals surface area contributed by atoms with Gasteiger partial charge < -0.3 is 15.2 Å². The first-order valence-corrected chi connectivity index (χ1v) is 10.3. The van der Waals surface area contributed by atoms with Gasteiger partial charge in [0, 0.05) is 18.6 Å². The van der Waals surface area contributed by atoms with E-state index in [9.17, 15) is 4.79 Å². The highest BCUT2D eigenvalue weighted by Crippen LogP contribution is 2.34.